The minimum Gasteiger partial charge on any atom is -0.494 e. The maximum atomic E-state index is 14.4. The number of benzene rings is 4. The van der Waals surface area contributed by atoms with Crippen molar-refractivity contribution in [2.45, 2.75) is 63.8 Å². The Bertz CT molecular complexity index is 1720. The van der Waals surface area contributed by atoms with Crippen molar-refractivity contribution in [1.29, 1.82) is 0 Å². The molecule has 5 rings (SSSR count). The maximum absolute atomic E-state index is 14.4. The van der Waals surface area contributed by atoms with Crippen molar-refractivity contribution < 1.29 is 28.9 Å². The first-order chi connectivity index (χ1) is 23.1. The molecule has 9 heteroatoms. The van der Waals surface area contributed by atoms with E-state index < -0.39 is 23.2 Å². The van der Waals surface area contributed by atoms with E-state index in [1.807, 2.05) is 99.6 Å². The minimum atomic E-state index is -1.50. The number of carbonyl (C=O) groups excluding carboxylic acids is 2. The van der Waals surface area contributed by atoms with Gasteiger partial charge in [-0.05, 0) is 85.8 Å². The molecule has 0 fully saturated rings. The molecule has 1 amide bonds. The smallest absolute Gasteiger partial charge is 0.306 e. The fourth-order valence-corrected chi connectivity index (χ4v) is 5.73. The van der Waals surface area contributed by atoms with Gasteiger partial charge in [-0.1, -0.05) is 78.3 Å². The number of halogens is 1. The van der Waals surface area contributed by atoms with E-state index in [0.717, 1.165) is 22.3 Å². The molecule has 1 aliphatic rings. The molecule has 0 saturated carbocycles. The Hall–Kier alpha value is -4.66. The van der Waals surface area contributed by atoms with Gasteiger partial charge >= 0.3 is 5.97 Å². The highest BCUT2D eigenvalue weighted by atomic mass is 35.5. The molecule has 2 atom stereocenters. The molecule has 0 unspecified atom stereocenters. The van der Waals surface area contributed by atoms with Gasteiger partial charge in [-0.2, -0.15) is 0 Å². The summed E-state index contributed by atoms with van der Waals surface area (Å²) in [6, 6.07) is 32.4. The van der Waals surface area contributed by atoms with E-state index >= 15 is 0 Å². The van der Waals surface area contributed by atoms with Gasteiger partial charge in [0.1, 0.15) is 11.4 Å². The average molecular weight is 669 g/mol. The lowest BCUT2D eigenvalue weighted by Gasteiger charge is -2.31. The number of nitrogens with one attached hydrogen (secondary N) is 1. The monoisotopic (exact) mass is 668 g/mol. The van der Waals surface area contributed by atoms with Crippen LogP contribution in [-0.4, -0.2) is 47.2 Å². The zero-order valence-corrected chi connectivity index (χ0v) is 28.2. The van der Waals surface area contributed by atoms with Crippen molar-refractivity contribution in [3.05, 3.63) is 125 Å². The summed E-state index contributed by atoms with van der Waals surface area (Å²) >= 11 is 6.22. The van der Waals surface area contributed by atoms with E-state index in [0.29, 0.717) is 29.4 Å². The van der Waals surface area contributed by atoms with Crippen molar-refractivity contribution >= 4 is 29.4 Å². The number of rotatable bonds is 13. The molecule has 0 radical (unpaired) electrons. The first kappa shape index (κ1) is 34.7. The summed E-state index contributed by atoms with van der Waals surface area (Å²) in [6.07, 6.45) is -0.342. The Labute approximate surface area is 286 Å². The lowest BCUT2D eigenvalue weighted by molar-refractivity contribution is -0.155. The Morgan fingerprint density at radius 1 is 0.917 bits per heavy atom. The van der Waals surface area contributed by atoms with Crippen LogP contribution in [0.25, 0.3) is 11.1 Å². The molecular weight excluding hydrogens is 628 g/mol. The van der Waals surface area contributed by atoms with Gasteiger partial charge in [0.05, 0.1) is 6.61 Å². The molecule has 4 aromatic carbocycles. The summed E-state index contributed by atoms with van der Waals surface area (Å²) in [5.41, 5.74) is 2.09. The van der Waals surface area contributed by atoms with Gasteiger partial charge in [0.25, 0.3) is 5.91 Å². The quantitative estimate of drug-likeness (QED) is 0.113. The molecule has 8 nitrogen and oxygen atoms in total. The van der Waals surface area contributed by atoms with Crippen LogP contribution in [0.3, 0.4) is 0 Å². The van der Waals surface area contributed by atoms with Gasteiger partial charge in [0, 0.05) is 36.6 Å². The van der Waals surface area contributed by atoms with Crippen molar-refractivity contribution in [2.75, 3.05) is 13.2 Å². The second-order valence-electron chi connectivity index (χ2n) is 12.7. The fourth-order valence-electron chi connectivity index (χ4n) is 5.52. The highest BCUT2D eigenvalue weighted by molar-refractivity contribution is 6.30. The number of aliphatic hydroxyl groups is 1. The van der Waals surface area contributed by atoms with E-state index in [-0.39, 0.29) is 37.8 Å². The topological polar surface area (TPSA) is 106 Å². The second-order valence-corrected chi connectivity index (χ2v) is 13.1. The summed E-state index contributed by atoms with van der Waals surface area (Å²) in [5, 5.41) is 12.7. The number of amides is 1. The van der Waals surface area contributed by atoms with Crippen LogP contribution in [0.15, 0.2) is 108 Å². The summed E-state index contributed by atoms with van der Waals surface area (Å²) in [6.45, 7) is 6.05. The lowest BCUT2D eigenvalue weighted by Crippen LogP contribution is -2.48. The standard InChI is InChI=1S/C39H41ClN2O6/c1-38(2,3)48-34(44)21-22-39(37(45)41-26-27-9-7-12-32(40)25-27)35(30-15-13-29(14-16-30)28-10-5-4-6-11-28)47-36(42-39)31-17-19-33(20-18-31)46-24-8-23-43/h4-7,9-20,25,35,43H,8,21-24,26H2,1-3H3,(H,41,45)/t35-,39-/m1/s1. The first-order valence-electron chi connectivity index (χ1n) is 16.1. The number of ether oxygens (including phenoxy) is 3. The van der Waals surface area contributed by atoms with Crippen LogP contribution in [0, 0.1) is 0 Å². The number of hydrogen-bond donors (Lipinski definition) is 2. The molecule has 250 valence electrons. The summed E-state index contributed by atoms with van der Waals surface area (Å²) < 4.78 is 17.9. The number of carbonyl (C=O) groups is 2. The van der Waals surface area contributed by atoms with Crippen LogP contribution in [0.2, 0.25) is 5.02 Å². The Morgan fingerprint density at radius 3 is 2.27 bits per heavy atom. The van der Waals surface area contributed by atoms with Crippen molar-refractivity contribution in [3.8, 4) is 16.9 Å². The number of nitrogens with zero attached hydrogens (tertiary/aromatic N) is 1. The van der Waals surface area contributed by atoms with Crippen molar-refractivity contribution in [2.24, 2.45) is 4.99 Å². The van der Waals surface area contributed by atoms with E-state index in [4.69, 9.17) is 35.9 Å². The van der Waals surface area contributed by atoms with Crippen LogP contribution in [0.4, 0.5) is 0 Å². The summed E-state index contributed by atoms with van der Waals surface area (Å²) in [7, 11) is 0. The number of aliphatic hydroxyl groups excluding tert-OH is 1. The summed E-state index contributed by atoms with van der Waals surface area (Å²) in [5.74, 6) is 0.0864. The van der Waals surface area contributed by atoms with Crippen LogP contribution >= 0.6 is 11.6 Å². The molecule has 0 aliphatic carbocycles. The van der Waals surface area contributed by atoms with Crippen molar-refractivity contribution in [3.63, 3.8) is 0 Å². The Kier molecular flexibility index (Phi) is 11.2. The molecular formula is C39H41ClN2O6. The van der Waals surface area contributed by atoms with Crippen LogP contribution < -0.4 is 10.1 Å². The predicted molar refractivity (Wildman–Crippen MR) is 187 cm³/mol. The van der Waals surface area contributed by atoms with E-state index in [1.165, 1.54) is 0 Å². The van der Waals surface area contributed by atoms with Gasteiger partial charge < -0.3 is 24.6 Å². The molecule has 0 spiro atoms. The average Bonchev–Trinajstić information content (AvgIpc) is 3.47. The normalized spacial score (nSPS) is 17.3. The molecule has 0 saturated heterocycles. The lowest BCUT2D eigenvalue weighted by atomic mass is 9.83. The fraction of sp³-hybridized carbons (Fsp3) is 0.308. The molecule has 2 N–H and O–H groups in total. The van der Waals surface area contributed by atoms with Gasteiger partial charge in [0.15, 0.2) is 11.6 Å². The Morgan fingerprint density at radius 2 is 1.60 bits per heavy atom. The summed E-state index contributed by atoms with van der Waals surface area (Å²) in [4.78, 5) is 32.5. The molecule has 1 heterocycles. The molecule has 4 aromatic rings. The zero-order chi connectivity index (χ0) is 34.1. The zero-order valence-electron chi connectivity index (χ0n) is 27.4. The third-order valence-corrected chi connectivity index (χ3v) is 8.06. The van der Waals surface area contributed by atoms with Gasteiger partial charge in [-0.3, -0.25) is 9.59 Å². The molecule has 1 aliphatic heterocycles. The van der Waals surface area contributed by atoms with E-state index in [1.54, 1.807) is 24.3 Å². The Balaban J connectivity index is 1.53. The van der Waals surface area contributed by atoms with Crippen LogP contribution in [-0.2, 0) is 25.6 Å². The highest BCUT2D eigenvalue weighted by Crippen LogP contribution is 2.44. The number of hydrogen-bond acceptors (Lipinski definition) is 7. The van der Waals surface area contributed by atoms with Gasteiger partial charge in [-0.15, -0.1) is 0 Å². The number of esters is 1. The van der Waals surface area contributed by atoms with E-state index in [9.17, 15) is 9.59 Å². The predicted octanol–water partition coefficient (Wildman–Crippen LogP) is 7.46. The van der Waals surface area contributed by atoms with Gasteiger partial charge in [0.2, 0.25) is 5.90 Å². The highest BCUT2D eigenvalue weighted by Gasteiger charge is 2.53. The molecule has 0 bridgehead atoms. The molecule has 0 aromatic heterocycles. The molecule has 48 heavy (non-hydrogen) atoms. The van der Waals surface area contributed by atoms with Crippen molar-refractivity contribution in [1.82, 2.24) is 5.32 Å². The first-order valence-corrected chi connectivity index (χ1v) is 16.4. The third kappa shape index (κ3) is 8.82. The minimum absolute atomic E-state index is 0.0419. The maximum Gasteiger partial charge on any atom is 0.306 e. The van der Waals surface area contributed by atoms with Gasteiger partial charge in [-0.25, -0.2) is 4.99 Å². The van der Waals surface area contributed by atoms with Crippen LogP contribution in [0.1, 0.15) is 62.8 Å². The number of aliphatic imine (C=N–C) groups is 1. The SMILES string of the molecule is CC(C)(C)OC(=O)CC[C@@]1(C(=O)NCc2cccc(Cl)c2)N=C(c2ccc(OCCCO)cc2)O[C@@H]1c1ccc(-c2ccccc2)cc1. The van der Waals surface area contributed by atoms with E-state index in [2.05, 4.69) is 5.32 Å². The second kappa shape index (κ2) is 15.5. The largest absolute Gasteiger partial charge is 0.494 e. The van der Waals surface area contributed by atoms with Crippen LogP contribution in [0.5, 0.6) is 5.75 Å². The third-order valence-electron chi connectivity index (χ3n) is 7.82.